The topological polar surface area (TPSA) is 37.3 Å². The molecule has 1 rings (SSSR count). The van der Waals surface area contributed by atoms with Crippen LogP contribution in [0.25, 0.3) is 0 Å². The minimum atomic E-state index is -0.868. The van der Waals surface area contributed by atoms with Gasteiger partial charge in [0, 0.05) is 6.08 Å². The van der Waals surface area contributed by atoms with Crippen molar-refractivity contribution in [2.24, 2.45) is 0 Å². The highest BCUT2D eigenvalue weighted by molar-refractivity contribution is 5.80. The van der Waals surface area contributed by atoms with Crippen LogP contribution in [-0.2, 0) is 4.79 Å². The van der Waals surface area contributed by atoms with E-state index in [0.29, 0.717) is 5.92 Å². The first kappa shape index (κ1) is 11.5. The predicted octanol–water partition coefficient (Wildman–Crippen LogP) is 3.21. The first-order valence-corrected chi connectivity index (χ1v) is 5.04. The van der Waals surface area contributed by atoms with Crippen molar-refractivity contribution in [3.05, 3.63) is 47.5 Å². The number of hydrogen-bond acceptors (Lipinski definition) is 1. The summed E-state index contributed by atoms with van der Waals surface area (Å²) in [7, 11) is 0. The van der Waals surface area contributed by atoms with E-state index in [2.05, 4.69) is 19.1 Å². The molecule has 2 heteroatoms. The van der Waals surface area contributed by atoms with E-state index in [4.69, 9.17) is 5.11 Å². The van der Waals surface area contributed by atoms with Gasteiger partial charge in [-0.2, -0.15) is 0 Å². The maximum atomic E-state index is 10.5. The molecule has 1 unspecified atom stereocenters. The van der Waals surface area contributed by atoms with E-state index in [-0.39, 0.29) is 0 Å². The van der Waals surface area contributed by atoms with Crippen LogP contribution in [0, 0.1) is 0 Å². The molecule has 0 saturated carbocycles. The maximum Gasteiger partial charge on any atom is 0.328 e. The van der Waals surface area contributed by atoms with Crippen molar-refractivity contribution in [1.82, 2.24) is 0 Å². The number of hydrogen-bond donors (Lipinski definition) is 1. The second-order valence-corrected chi connectivity index (χ2v) is 3.84. The van der Waals surface area contributed by atoms with Gasteiger partial charge < -0.3 is 5.11 Å². The van der Waals surface area contributed by atoms with Crippen LogP contribution in [0.2, 0.25) is 0 Å². The maximum absolute atomic E-state index is 10.5. The molecule has 0 aliphatic carbocycles. The van der Waals surface area contributed by atoms with Gasteiger partial charge >= 0.3 is 5.97 Å². The molecule has 1 aromatic rings. The van der Waals surface area contributed by atoms with Crippen LogP contribution in [0.5, 0.6) is 0 Å². The monoisotopic (exact) mass is 204 g/mol. The normalized spacial score (nSPS) is 13.6. The Balaban J connectivity index is 2.64. The zero-order valence-corrected chi connectivity index (χ0v) is 9.10. The molecule has 0 saturated heterocycles. The molecule has 2 nitrogen and oxygen atoms in total. The van der Waals surface area contributed by atoms with Crippen molar-refractivity contribution >= 4 is 5.97 Å². The third-order valence-electron chi connectivity index (χ3n) is 2.37. The average molecular weight is 204 g/mol. The lowest BCUT2D eigenvalue weighted by atomic mass is 9.94. The highest BCUT2D eigenvalue weighted by Gasteiger charge is 2.06. The molecule has 0 aliphatic heterocycles. The minimum Gasteiger partial charge on any atom is -0.478 e. The van der Waals surface area contributed by atoms with Gasteiger partial charge in [-0.3, -0.25) is 0 Å². The van der Waals surface area contributed by atoms with E-state index < -0.39 is 5.97 Å². The standard InChI is InChI=1S/C13H16O2/c1-10(9-13(14)15)8-11(2)12-6-4-3-5-7-12/h3-7,9,11H,8H2,1-2H3,(H,14,15)/b10-9+. The van der Waals surface area contributed by atoms with Crippen molar-refractivity contribution in [2.45, 2.75) is 26.2 Å². The number of benzene rings is 1. The smallest absolute Gasteiger partial charge is 0.328 e. The van der Waals surface area contributed by atoms with Gasteiger partial charge in [0.1, 0.15) is 0 Å². The summed E-state index contributed by atoms with van der Waals surface area (Å²) >= 11 is 0. The second kappa shape index (κ2) is 5.35. The van der Waals surface area contributed by atoms with E-state index in [1.165, 1.54) is 11.6 Å². The van der Waals surface area contributed by atoms with Gasteiger partial charge in [-0.05, 0) is 24.8 Å². The molecule has 1 aromatic carbocycles. The summed E-state index contributed by atoms with van der Waals surface area (Å²) in [6.45, 7) is 3.96. The van der Waals surface area contributed by atoms with Crippen molar-refractivity contribution < 1.29 is 9.90 Å². The number of aliphatic carboxylic acids is 1. The predicted molar refractivity (Wildman–Crippen MR) is 60.9 cm³/mol. The Morgan fingerprint density at radius 2 is 2.00 bits per heavy atom. The summed E-state index contributed by atoms with van der Waals surface area (Å²) in [5.41, 5.74) is 2.15. The molecule has 15 heavy (non-hydrogen) atoms. The van der Waals surface area contributed by atoms with Gasteiger partial charge in [0.2, 0.25) is 0 Å². The second-order valence-electron chi connectivity index (χ2n) is 3.84. The van der Waals surface area contributed by atoms with Crippen LogP contribution in [-0.4, -0.2) is 11.1 Å². The molecule has 0 amide bonds. The number of rotatable bonds is 4. The van der Waals surface area contributed by atoms with Crippen LogP contribution in [0.1, 0.15) is 31.7 Å². The van der Waals surface area contributed by atoms with Gasteiger partial charge in [-0.15, -0.1) is 0 Å². The summed E-state index contributed by atoms with van der Waals surface area (Å²) < 4.78 is 0. The number of carbonyl (C=O) groups is 1. The Labute approximate surface area is 90.3 Å². The van der Waals surface area contributed by atoms with Crippen LogP contribution in [0.3, 0.4) is 0 Å². The lowest BCUT2D eigenvalue weighted by Gasteiger charge is -2.11. The van der Waals surface area contributed by atoms with Crippen molar-refractivity contribution in [3.8, 4) is 0 Å². The van der Waals surface area contributed by atoms with Gasteiger partial charge in [0.15, 0.2) is 0 Å². The fourth-order valence-corrected chi connectivity index (χ4v) is 1.65. The van der Waals surface area contributed by atoms with E-state index in [0.717, 1.165) is 12.0 Å². The molecule has 0 fully saturated rings. The third-order valence-corrected chi connectivity index (χ3v) is 2.37. The zero-order valence-electron chi connectivity index (χ0n) is 9.10. The quantitative estimate of drug-likeness (QED) is 0.764. The van der Waals surface area contributed by atoms with E-state index >= 15 is 0 Å². The van der Waals surface area contributed by atoms with Gasteiger partial charge in [0.05, 0.1) is 0 Å². The fraction of sp³-hybridized carbons (Fsp3) is 0.308. The van der Waals surface area contributed by atoms with Crippen LogP contribution in [0.15, 0.2) is 42.0 Å². The Morgan fingerprint density at radius 3 is 2.53 bits per heavy atom. The summed E-state index contributed by atoms with van der Waals surface area (Å²) in [6, 6.07) is 10.1. The van der Waals surface area contributed by atoms with E-state index in [9.17, 15) is 4.79 Å². The Kier molecular flexibility index (Phi) is 4.10. The lowest BCUT2D eigenvalue weighted by Crippen LogP contribution is -1.96. The van der Waals surface area contributed by atoms with E-state index in [1.807, 2.05) is 25.1 Å². The summed E-state index contributed by atoms with van der Waals surface area (Å²) in [4.78, 5) is 10.5. The van der Waals surface area contributed by atoms with Crippen molar-refractivity contribution in [3.63, 3.8) is 0 Å². The van der Waals surface area contributed by atoms with Crippen molar-refractivity contribution in [2.75, 3.05) is 0 Å². The Bertz CT molecular complexity index is 352. The van der Waals surface area contributed by atoms with Gasteiger partial charge in [-0.25, -0.2) is 4.79 Å². The highest BCUT2D eigenvalue weighted by atomic mass is 16.4. The SMILES string of the molecule is C/C(=C\C(=O)O)CC(C)c1ccccc1. The van der Waals surface area contributed by atoms with Crippen LogP contribution >= 0.6 is 0 Å². The highest BCUT2D eigenvalue weighted by Crippen LogP contribution is 2.22. The van der Waals surface area contributed by atoms with Gasteiger partial charge in [0.25, 0.3) is 0 Å². The summed E-state index contributed by atoms with van der Waals surface area (Å²) in [6.07, 6.45) is 2.07. The third kappa shape index (κ3) is 3.98. The molecule has 0 aliphatic rings. The first-order chi connectivity index (χ1) is 7.09. The summed E-state index contributed by atoms with van der Waals surface area (Å²) in [5.74, 6) is -0.505. The molecule has 0 spiro atoms. The fourth-order valence-electron chi connectivity index (χ4n) is 1.65. The average Bonchev–Trinajstić information content (AvgIpc) is 2.17. The number of carboxylic acids is 1. The molecule has 0 radical (unpaired) electrons. The molecule has 0 aromatic heterocycles. The molecular weight excluding hydrogens is 188 g/mol. The molecular formula is C13H16O2. The first-order valence-electron chi connectivity index (χ1n) is 5.04. The van der Waals surface area contributed by atoms with E-state index in [1.54, 1.807) is 0 Å². The van der Waals surface area contributed by atoms with Crippen LogP contribution < -0.4 is 0 Å². The molecule has 1 atom stereocenters. The molecule has 80 valence electrons. The van der Waals surface area contributed by atoms with Gasteiger partial charge in [-0.1, -0.05) is 42.8 Å². The van der Waals surface area contributed by atoms with Crippen LogP contribution in [0.4, 0.5) is 0 Å². The largest absolute Gasteiger partial charge is 0.478 e. The lowest BCUT2D eigenvalue weighted by molar-refractivity contribution is -0.131. The Hall–Kier alpha value is -1.57. The number of allylic oxidation sites excluding steroid dienone is 1. The Morgan fingerprint density at radius 1 is 1.40 bits per heavy atom. The minimum absolute atomic E-state index is 0.363. The van der Waals surface area contributed by atoms with Crippen molar-refractivity contribution in [1.29, 1.82) is 0 Å². The number of carboxylic acid groups (broad SMARTS) is 1. The zero-order chi connectivity index (χ0) is 11.3. The summed E-state index contributed by atoms with van der Waals surface area (Å²) in [5, 5.41) is 8.59. The molecule has 1 N–H and O–H groups in total. The molecule has 0 heterocycles. The molecule has 0 bridgehead atoms.